The average Bonchev–Trinajstić information content (AvgIpc) is 1.67. The third-order valence-electron chi connectivity index (χ3n) is 18.6. The second kappa shape index (κ2) is 33.4. The topological polar surface area (TPSA) is 271 Å². The van der Waals surface area contributed by atoms with E-state index in [2.05, 4.69) is 48.8 Å². The van der Waals surface area contributed by atoms with Crippen LogP contribution in [-0.2, 0) is 32.8 Å². The predicted molar refractivity (Wildman–Crippen MR) is 381 cm³/mol. The van der Waals surface area contributed by atoms with Crippen molar-refractivity contribution in [3.63, 3.8) is 0 Å². The Labute approximate surface area is 610 Å². The monoisotopic (exact) mass is 1560 g/mol. The Balaban J connectivity index is 0.000000156. The van der Waals surface area contributed by atoms with Crippen molar-refractivity contribution in [1.29, 1.82) is 0 Å². The zero-order valence-electron chi connectivity index (χ0n) is 57.1. The molecule has 0 aliphatic carbocycles. The minimum atomic E-state index is -0.972. The van der Waals surface area contributed by atoms with Crippen LogP contribution in [0.3, 0.4) is 0 Å². The summed E-state index contributed by atoms with van der Waals surface area (Å²) < 4.78 is 98.0. The SMILES string of the molecule is CI.CN1CCN2CC(C1)n1cc(C(=O)NCc3ccc(F)cc3F)c(=O)c(O)c1C2=O.CN1CCN2CC(C1)n1cc(C(=O)NCc3ccc(F)cc3F)c(=O)c(OCc3ccccc3)c1C2=O.O=C(NCc1ccc(F)cc1F)c1cn2c(c(OCc3ccccc3)c1=O)C(=O)N1CCNCC2C1. The zero-order valence-corrected chi connectivity index (χ0v) is 59.3. The van der Waals surface area contributed by atoms with Gasteiger partial charge in [-0.05, 0) is 48.4 Å². The van der Waals surface area contributed by atoms with E-state index in [4.69, 9.17) is 9.47 Å². The van der Waals surface area contributed by atoms with E-state index in [0.717, 1.165) is 41.5 Å². The highest BCUT2D eigenvalue weighted by molar-refractivity contribution is 14.1. The smallest absolute Gasteiger partial charge is 0.274 e. The number of fused-ring (bicyclic) bond motifs is 12. The molecule has 6 bridgehead atoms. The Morgan fingerprint density at radius 2 is 0.819 bits per heavy atom. The normalized spacial score (nSPS) is 17.2. The van der Waals surface area contributed by atoms with Gasteiger partial charge >= 0.3 is 0 Å². The first-order chi connectivity index (χ1) is 50.5. The van der Waals surface area contributed by atoms with E-state index >= 15 is 0 Å². The third kappa shape index (κ3) is 17.0. The summed E-state index contributed by atoms with van der Waals surface area (Å²) in [7, 11) is 3.85. The van der Waals surface area contributed by atoms with Crippen molar-refractivity contribution < 1.29 is 69.7 Å². The van der Waals surface area contributed by atoms with Crippen molar-refractivity contribution >= 4 is 58.0 Å². The summed E-state index contributed by atoms with van der Waals surface area (Å²) in [5.74, 6) is -9.24. The Morgan fingerprint density at radius 1 is 0.467 bits per heavy atom. The number of aromatic hydroxyl groups is 1. The number of nitrogens with one attached hydrogen (secondary N) is 4. The van der Waals surface area contributed by atoms with Gasteiger partial charge in [-0.25, -0.2) is 26.3 Å². The number of alkyl halides is 1. The summed E-state index contributed by atoms with van der Waals surface area (Å²) in [5.41, 5.74) is -1.35. The van der Waals surface area contributed by atoms with Crippen molar-refractivity contribution in [3.8, 4) is 17.2 Å². The first kappa shape index (κ1) is 75.5. The molecule has 3 unspecified atom stereocenters. The molecule has 3 fully saturated rings. The summed E-state index contributed by atoms with van der Waals surface area (Å²) >= 11 is 2.15. The molecule has 0 spiro atoms. The quantitative estimate of drug-likeness (QED) is 0.0413. The number of amides is 6. The van der Waals surface area contributed by atoms with E-state index in [1.165, 1.54) is 41.4 Å². The van der Waals surface area contributed by atoms with Gasteiger partial charge in [0.05, 0.1) is 18.1 Å². The summed E-state index contributed by atoms with van der Waals surface area (Å²) in [6, 6.07) is 26.7. The number of halogens is 7. The van der Waals surface area contributed by atoms with Crippen LogP contribution in [0.2, 0.25) is 0 Å². The molecule has 6 amide bonds. The molecule has 5 aromatic carbocycles. The molecule has 14 rings (SSSR count). The van der Waals surface area contributed by atoms with Crippen LogP contribution in [-0.4, -0.2) is 176 Å². The van der Waals surface area contributed by atoms with Crippen LogP contribution in [0.4, 0.5) is 26.3 Å². The Kier molecular flexibility index (Phi) is 24.0. The highest BCUT2D eigenvalue weighted by Crippen LogP contribution is 2.33. The van der Waals surface area contributed by atoms with E-state index in [9.17, 15) is 74.6 Å². The van der Waals surface area contributed by atoms with Crippen LogP contribution in [0.25, 0.3) is 0 Å². The summed E-state index contributed by atoms with van der Waals surface area (Å²) in [4.78, 5) is 129. The van der Waals surface area contributed by atoms with Crippen molar-refractivity contribution in [3.05, 3.63) is 261 Å². The number of carbonyl (C=O) groups is 6. The van der Waals surface area contributed by atoms with E-state index in [1.807, 2.05) is 84.6 Å². The number of rotatable bonds is 15. The van der Waals surface area contributed by atoms with Crippen LogP contribution in [0.1, 0.15) is 108 Å². The van der Waals surface area contributed by atoms with Crippen LogP contribution in [0.5, 0.6) is 17.2 Å². The van der Waals surface area contributed by atoms with Crippen molar-refractivity contribution in [2.45, 2.75) is 51.0 Å². The molecule has 3 atom stereocenters. The van der Waals surface area contributed by atoms with Crippen molar-refractivity contribution in [1.82, 2.24) is 59.5 Å². The van der Waals surface area contributed by atoms with E-state index in [0.29, 0.717) is 84.6 Å². The average molecular weight is 1560 g/mol. The summed E-state index contributed by atoms with van der Waals surface area (Å²) in [5, 5.41) is 21.2. The predicted octanol–water partition coefficient (Wildman–Crippen LogP) is 6.57. The van der Waals surface area contributed by atoms with Gasteiger partial charge in [0.2, 0.25) is 16.3 Å². The van der Waals surface area contributed by atoms with Crippen LogP contribution >= 0.6 is 22.6 Å². The number of carbonyl (C=O) groups excluding carboxylic acids is 6. The maximum atomic E-state index is 14.1. The van der Waals surface area contributed by atoms with E-state index < -0.39 is 80.6 Å². The maximum Gasteiger partial charge on any atom is 0.274 e. The van der Waals surface area contributed by atoms with Gasteiger partial charge in [-0.2, -0.15) is 0 Å². The number of hydrogen-bond donors (Lipinski definition) is 5. The molecule has 6 aliphatic rings. The largest absolute Gasteiger partial charge is 0.503 e. The van der Waals surface area contributed by atoms with E-state index in [1.54, 1.807) is 23.8 Å². The second-order valence-electron chi connectivity index (χ2n) is 25.6. The Bertz CT molecular complexity index is 4840. The lowest BCUT2D eigenvalue weighted by atomic mass is 10.1. The minimum absolute atomic E-state index is 0.0329. The second-order valence-corrected chi connectivity index (χ2v) is 25.6. The summed E-state index contributed by atoms with van der Waals surface area (Å²) in [6.07, 6.45) is 4.03. The number of hydrogen-bond acceptors (Lipinski definition) is 15. The molecule has 105 heavy (non-hydrogen) atoms. The van der Waals surface area contributed by atoms with E-state index in [-0.39, 0.29) is 125 Å². The van der Waals surface area contributed by atoms with Crippen molar-refractivity contribution in [2.24, 2.45) is 0 Å². The molecule has 3 saturated heterocycles. The van der Waals surface area contributed by atoms with Gasteiger partial charge in [0.25, 0.3) is 35.4 Å². The number of aromatic nitrogens is 3. The third-order valence-corrected chi connectivity index (χ3v) is 18.6. The minimum Gasteiger partial charge on any atom is -0.503 e. The maximum absolute atomic E-state index is 14.1. The highest BCUT2D eigenvalue weighted by atomic mass is 127. The first-order valence-corrected chi connectivity index (χ1v) is 35.5. The molecule has 5 N–H and O–H groups in total. The molecule has 6 aliphatic heterocycles. The molecule has 8 aromatic rings. The number of pyridine rings is 3. The van der Waals surface area contributed by atoms with Gasteiger partial charge in [-0.1, -0.05) is 101 Å². The number of ether oxygens (including phenoxy) is 2. The number of nitrogens with zero attached hydrogens (tertiary/aromatic N) is 8. The fourth-order valence-corrected chi connectivity index (χ4v) is 13.1. The zero-order chi connectivity index (χ0) is 74.9. The molecule has 31 heteroatoms. The Morgan fingerprint density at radius 3 is 1.22 bits per heavy atom. The number of likely N-dealkylation sites (N-methyl/N-ethyl adjacent to an activating group) is 2. The lowest BCUT2D eigenvalue weighted by molar-refractivity contribution is 0.0676. The van der Waals surface area contributed by atoms with Gasteiger partial charge in [0.15, 0.2) is 34.3 Å². The Hall–Kier alpha value is -10.6. The standard InChI is InChI=1S/C27H26F2N4O4.C26H24F2N4O4.C20H20F2N4O4.CH3I/c1-31-9-10-32-14-20(13-31)33-15-21(26(35)30-12-18-7-8-19(28)11-22(18)29)24(34)25(23(33)27(32)36)37-16-17-5-3-2-4-6-17;27-18-7-6-17(21(28)10-18)11-30-25(34)20-14-32-19-12-29-8-9-31(13-19)26(35)22(32)24(23(20)33)36-15-16-4-2-1-3-5-16;1-24-4-5-25-9-13(8-24)26-10-14(17(27)18(28)16(26)20(25)30)19(29)23-7-11-2-3-12(21)6-15(11)22;1-2/h2-8,11,15,20H,9-10,12-14,16H2,1H3,(H,30,35);1-7,10,14,19,29H,8-9,11-13,15H2,(H,30,34);2-3,6,10,13,28H,4-5,7-9H2,1H3,(H,23,29);1H3. The lowest BCUT2D eigenvalue weighted by Crippen LogP contribution is -2.45. The highest BCUT2D eigenvalue weighted by Gasteiger charge is 2.41. The van der Waals surface area contributed by atoms with Crippen LogP contribution in [0.15, 0.2) is 148 Å². The van der Waals surface area contributed by atoms with Gasteiger partial charge in [-0.3, -0.25) is 43.2 Å². The molecule has 9 heterocycles. The fourth-order valence-electron chi connectivity index (χ4n) is 13.1. The molecule has 3 aromatic heterocycles. The lowest BCUT2D eigenvalue weighted by Gasteiger charge is -2.35. The molecular formula is C74H73F6IN12O12. The van der Waals surface area contributed by atoms with Crippen molar-refractivity contribution in [2.75, 3.05) is 97.6 Å². The molecule has 0 radical (unpaired) electrons. The van der Waals surface area contributed by atoms with Crippen LogP contribution in [0, 0.1) is 34.9 Å². The van der Waals surface area contributed by atoms with Gasteiger partial charge < -0.3 is 74.0 Å². The first-order valence-electron chi connectivity index (χ1n) is 33.4. The fraction of sp³-hybridized carbons (Fsp3) is 0.311. The van der Waals surface area contributed by atoms with Gasteiger partial charge in [-0.15, -0.1) is 0 Å². The molecule has 24 nitrogen and oxygen atoms in total. The molecule has 550 valence electrons. The van der Waals surface area contributed by atoms with Gasteiger partial charge in [0.1, 0.15) is 64.8 Å². The molecule has 0 saturated carbocycles. The molecular weight excluding hydrogens is 1490 g/mol. The number of benzene rings is 5. The summed E-state index contributed by atoms with van der Waals surface area (Å²) in [6.45, 7) is 5.73. The van der Waals surface area contributed by atoms with Gasteiger partial charge in [0, 0.05) is 152 Å². The van der Waals surface area contributed by atoms with Crippen LogP contribution < -0.4 is 47.0 Å².